The van der Waals surface area contributed by atoms with Gasteiger partial charge in [-0.05, 0) is 29.0 Å². The van der Waals surface area contributed by atoms with Gasteiger partial charge in [-0.25, -0.2) is 0 Å². The number of thiophene rings is 1. The highest BCUT2D eigenvalue weighted by molar-refractivity contribution is 7.13. The summed E-state index contributed by atoms with van der Waals surface area (Å²) < 4.78 is 0. The normalized spacial score (nSPS) is 10.7. The van der Waals surface area contributed by atoms with Crippen molar-refractivity contribution in [2.75, 3.05) is 12.3 Å². The molecule has 0 aliphatic rings. The highest BCUT2D eigenvalue weighted by Crippen LogP contribution is 2.33. The first-order valence-corrected chi connectivity index (χ1v) is 6.40. The van der Waals surface area contributed by atoms with Crippen molar-refractivity contribution >= 4 is 17.0 Å². The van der Waals surface area contributed by atoms with E-state index < -0.39 is 0 Å². The highest BCUT2D eigenvalue weighted by Gasteiger charge is 2.08. The second-order valence-electron chi connectivity index (χ2n) is 3.88. The van der Waals surface area contributed by atoms with Crippen LogP contribution in [0.4, 0.5) is 5.69 Å². The van der Waals surface area contributed by atoms with Crippen LogP contribution in [0.2, 0.25) is 0 Å². The van der Waals surface area contributed by atoms with Crippen molar-refractivity contribution in [3.63, 3.8) is 0 Å². The van der Waals surface area contributed by atoms with Gasteiger partial charge in [0, 0.05) is 29.3 Å². The Morgan fingerprint density at radius 1 is 1.29 bits per heavy atom. The zero-order valence-electron chi connectivity index (χ0n) is 9.52. The predicted molar refractivity (Wildman–Crippen MR) is 72.8 cm³/mol. The van der Waals surface area contributed by atoms with Gasteiger partial charge in [0.25, 0.3) is 0 Å². The average Bonchev–Trinajstić information content (AvgIpc) is 2.80. The number of rotatable bonds is 4. The van der Waals surface area contributed by atoms with Gasteiger partial charge in [0.1, 0.15) is 0 Å². The number of hydrogen-bond acceptors (Lipinski definition) is 4. The Bertz CT molecular complexity index is 508. The smallest absolute Gasteiger partial charge is 0.0472 e. The van der Waals surface area contributed by atoms with Gasteiger partial charge in [-0.15, -0.1) is 11.3 Å². The van der Waals surface area contributed by atoms with Crippen LogP contribution in [-0.4, -0.2) is 11.7 Å². The third kappa shape index (κ3) is 2.49. The predicted octanol–water partition coefficient (Wildman–Crippen LogP) is 1.99. The number of nitrogens with two attached hydrogens (primary N) is 2. The first-order valence-electron chi connectivity index (χ1n) is 5.52. The lowest BCUT2D eigenvalue weighted by atomic mass is 10.0. The molecule has 0 aliphatic heterocycles. The van der Waals surface area contributed by atoms with Crippen molar-refractivity contribution in [1.29, 1.82) is 0 Å². The minimum Gasteiger partial charge on any atom is -0.398 e. The van der Waals surface area contributed by atoms with Gasteiger partial charge in [0.2, 0.25) is 0 Å². The number of aliphatic hydroxyl groups is 1. The second kappa shape index (κ2) is 5.31. The van der Waals surface area contributed by atoms with Gasteiger partial charge in [-0.1, -0.05) is 18.2 Å². The molecule has 3 nitrogen and oxygen atoms in total. The summed E-state index contributed by atoms with van der Waals surface area (Å²) in [6.45, 7) is 0.666. The van der Waals surface area contributed by atoms with E-state index in [1.807, 2.05) is 23.6 Å². The van der Waals surface area contributed by atoms with Crippen LogP contribution < -0.4 is 11.5 Å². The Labute approximate surface area is 105 Å². The van der Waals surface area contributed by atoms with E-state index in [-0.39, 0.29) is 6.61 Å². The quantitative estimate of drug-likeness (QED) is 0.725. The van der Waals surface area contributed by atoms with Crippen LogP contribution in [0.15, 0.2) is 29.6 Å². The minimum absolute atomic E-state index is 0.117. The topological polar surface area (TPSA) is 72.3 Å². The molecule has 2 aromatic rings. The third-order valence-electron chi connectivity index (χ3n) is 2.73. The molecule has 0 aliphatic carbocycles. The van der Waals surface area contributed by atoms with E-state index in [0.717, 1.165) is 27.3 Å². The van der Waals surface area contributed by atoms with E-state index >= 15 is 0 Å². The third-order valence-corrected chi connectivity index (χ3v) is 3.74. The zero-order valence-corrected chi connectivity index (χ0v) is 10.3. The number of anilines is 1. The molecular formula is C13H16N2OS. The van der Waals surface area contributed by atoms with Crippen LogP contribution in [0.1, 0.15) is 11.1 Å². The maximum absolute atomic E-state index is 8.98. The number of nitrogen functional groups attached to an aromatic ring is 1. The molecular weight excluding hydrogens is 232 g/mol. The molecule has 0 radical (unpaired) electrons. The molecule has 2 rings (SSSR count). The molecule has 0 atom stereocenters. The lowest BCUT2D eigenvalue weighted by Gasteiger charge is -2.08. The van der Waals surface area contributed by atoms with Crippen LogP contribution in [0.5, 0.6) is 0 Å². The van der Waals surface area contributed by atoms with E-state index in [4.69, 9.17) is 16.6 Å². The van der Waals surface area contributed by atoms with E-state index in [2.05, 4.69) is 6.07 Å². The SMILES string of the molecule is NCc1csc(-c2cccc(CCO)c2N)c1. The summed E-state index contributed by atoms with van der Waals surface area (Å²) in [5.41, 5.74) is 15.6. The van der Waals surface area contributed by atoms with E-state index in [9.17, 15) is 0 Å². The highest BCUT2D eigenvalue weighted by atomic mass is 32.1. The van der Waals surface area contributed by atoms with Crippen molar-refractivity contribution in [2.24, 2.45) is 5.73 Å². The Kier molecular flexibility index (Phi) is 3.78. The van der Waals surface area contributed by atoms with Gasteiger partial charge >= 0.3 is 0 Å². The van der Waals surface area contributed by atoms with Crippen molar-refractivity contribution < 1.29 is 5.11 Å². The molecule has 17 heavy (non-hydrogen) atoms. The molecule has 0 bridgehead atoms. The fraction of sp³-hybridized carbons (Fsp3) is 0.231. The summed E-state index contributed by atoms with van der Waals surface area (Å²) in [4.78, 5) is 1.13. The Hall–Kier alpha value is -1.36. The van der Waals surface area contributed by atoms with Crippen molar-refractivity contribution in [1.82, 2.24) is 0 Å². The minimum atomic E-state index is 0.117. The van der Waals surface area contributed by atoms with Gasteiger partial charge in [0.05, 0.1) is 0 Å². The molecule has 0 spiro atoms. The van der Waals surface area contributed by atoms with Crippen LogP contribution >= 0.6 is 11.3 Å². The summed E-state index contributed by atoms with van der Waals surface area (Å²) in [5, 5.41) is 11.0. The Morgan fingerprint density at radius 2 is 2.12 bits per heavy atom. The fourth-order valence-electron chi connectivity index (χ4n) is 1.79. The second-order valence-corrected chi connectivity index (χ2v) is 4.79. The summed E-state index contributed by atoms with van der Waals surface area (Å²) in [6.07, 6.45) is 0.592. The van der Waals surface area contributed by atoms with Crippen molar-refractivity contribution in [3.05, 3.63) is 40.8 Å². The molecule has 0 fully saturated rings. The maximum Gasteiger partial charge on any atom is 0.0472 e. The van der Waals surface area contributed by atoms with E-state index in [0.29, 0.717) is 13.0 Å². The lowest BCUT2D eigenvalue weighted by molar-refractivity contribution is 0.300. The Balaban J connectivity index is 2.41. The summed E-state index contributed by atoms with van der Waals surface area (Å²) in [5.74, 6) is 0. The van der Waals surface area contributed by atoms with Crippen LogP contribution in [0, 0.1) is 0 Å². The Morgan fingerprint density at radius 3 is 2.76 bits per heavy atom. The van der Waals surface area contributed by atoms with Crippen LogP contribution in [0.3, 0.4) is 0 Å². The molecule has 1 aromatic carbocycles. The molecule has 5 N–H and O–H groups in total. The molecule has 0 unspecified atom stereocenters. The lowest BCUT2D eigenvalue weighted by Crippen LogP contribution is -1.99. The number of para-hydroxylation sites is 1. The zero-order chi connectivity index (χ0) is 12.3. The average molecular weight is 248 g/mol. The van der Waals surface area contributed by atoms with Gasteiger partial charge in [-0.2, -0.15) is 0 Å². The number of aliphatic hydroxyl groups excluding tert-OH is 1. The molecule has 1 aromatic heterocycles. The number of hydrogen-bond donors (Lipinski definition) is 3. The molecule has 0 saturated carbocycles. The largest absolute Gasteiger partial charge is 0.398 e. The van der Waals surface area contributed by atoms with Crippen molar-refractivity contribution in [2.45, 2.75) is 13.0 Å². The van der Waals surface area contributed by atoms with Gasteiger partial charge < -0.3 is 16.6 Å². The van der Waals surface area contributed by atoms with Gasteiger partial charge in [0.15, 0.2) is 0 Å². The fourth-order valence-corrected chi connectivity index (χ4v) is 2.76. The van der Waals surface area contributed by atoms with Gasteiger partial charge in [-0.3, -0.25) is 0 Å². The molecule has 0 saturated heterocycles. The van der Waals surface area contributed by atoms with E-state index in [1.165, 1.54) is 0 Å². The first kappa shape index (κ1) is 12.1. The summed E-state index contributed by atoms with van der Waals surface area (Å²) >= 11 is 1.65. The standard InChI is InChI=1S/C13H16N2OS/c14-7-9-6-12(17-8-9)11-3-1-2-10(4-5-16)13(11)15/h1-3,6,8,16H,4-5,7,14-15H2. The first-order chi connectivity index (χ1) is 8.26. The maximum atomic E-state index is 8.98. The van der Waals surface area contributed by atoms with Crippen LogP contribution in [0.25, 0.3) is 10.4 Å². The molecule has 1 heterocycles. The summed E-state index contributed by atoms with van der Waals surface area (Å²) in [7, 11) is 0. The monoisotopic (exact) mass is 248 g/mol. The van der Waals surface area contributed by atoms with Crippen LogP contribution in [-0.2, 0) is 13.0 Å². The summed E-state index contributed by atoms with van der Waals surface area (Å²) in [6, 6.07) is 7.99. The number of benzene rings is 1. The van der Waals surface area contributed by atoms with Crippen molar-refractivity contribution in [3.8, 4) is 10.4 Å². The molecule has 90 valence electrons. The molecule has 4 heteroatoms. The van der Waals surface area contributed by atoms with E-state index in [1.54, 1.807) is 11.3 Å². The molecule has 0 amide bonds.